The fourth-order valence-corrected chi connectivity index (χ4v) is 3.87. The van der Waals surface area contributed by atoms with E-state index in [-0.39, 0.29) is 17.2 Å². The van der Waals surface area contributed by atoms with E-state index in [1.807, 2.05) is 12.1 Å². The van der Waals surface area contributed by atoms with Gasteiger partial charge in [0, 0.05) is 38.4 Å². The molecule has 0 amide bonds. The van der Waals surface area contributed by atoms with Crippen LogP contribution in [0.4, 0.5) is 11.6 Å². The molecule has 3 aromatic rings. The summed E-state index contributed by atoms with van der Waals surface area (Å²) in [6, 6.07) is 8.32. The molecule has 11 heteroatoms. The standard InChI is InChI=1S/C19H23ClN8O2/c20-17-16-18(23-19(21)22-17)28(25-24-16)10-7-26-5-8-27(9-6-26)13-1-3-14(4-2-13)30-15-11-29-12-15/h1-4,15H,5-12H2,(H2,21,22,23). The van der Waals surface area contributed by atoms with Gasteiger partial charge in [0.25, 0.3) is 0 Å². The molecule has 158 valence electrons. The van der Waals surface area contributed by atoms with Crippen LogP contribution in [0.5, 0.6) is 5.75 Å². The van der Waals surface area contributed by atoms with Crippen LogP contribution in [0.15, 0.2) is 24.3 Å². The zero-order valence-corrected chi connectivity index (χ0v) is 17.2. The molecule has 0 spiro atoms. The van der Waals surface area contributed by atoms with Crippen molar-refractivity contribution in [1.82, 2.24) is 29.9 Å². The Kier molecular flexibility index (Phi) is 5.28. The highest BCUT2D eigenvalue weighted by Crippen LogP contribution is 2.23. The average molecular weight is 431 g/mol. The molecule has 0 atom stereocenters. The van der Waals surface area contributed by atoms with Gasteiger partial charge in [0.05, 0.1) is 19.8 Å². The van der Waals surface area contributed by atoms with Crippen LogP contribution in [-0.4, -0.2) is 81.9 Å². The molecular formula is C19H23ClN8O2. The van der Waals surface area contributed by atoms with Crippen molar-refractivity contribution in [2.75, 3.05) is 56.6 Å². The summed E-state index contributed by atoms with van der Waals surface area (Å²) in [5.41, 5.74) is 7.97. The third-order valence-corrected chi connectivity index (χ3v) is 5.71. The molecule has 0 bridgehead atoms. The fourth-order valence-electron chi connectivity index (χ4n) is 3.67. The van der Waals surface area contributed by atoms with E-state index in [9.17, 15) is 0 Å². The maximum absolute atomic E-state index is 6.07. The number of piperazine rings is 1. The van der Waals surface area contributed by atoms with E-state index >= 15 is 0 Å². The molecule has 2 N–H and O–H groups in total. The lowest BCUT2D eigenvalue weighted by atomic mass is 10.2. The van der Waals surface area contributed by atoms with Gasteiger partial charge in [0.1, 0.15) is 11.9 Å². The molecular weight excluding hydrogens is 408 g/mol. The van der Waals surface area contributed by atoms with Crippen molar-refractivity contribution in [2.45, 2.75) is 12.6 Å². The normalized spacial score (nSPS) is 18.0. The Balaban J connectivity index is 1.14. The first-order chi connectivity index (χ1) is 14.7. The highest BCUT2D eigenvalue weighted by molar-refractivity contribution is 6.33. The van der Waals surface area contributed by atoms with Crippen LogP contribution < -0.4 is 15.4 Å². The van der Waals surface area contributed by atoms with E-state index in [0.29, 0.717) is 30.9 Å². The van der Waals surface area contributed by atoms with Crippen molar-refractivity contribution in [3.05, 3.63) is 29.4 Å². The van der Waals surface area contributed by atoms with Gasteiger partial charge in [-0.05, 0) is 24.3 Å². The maximum Gasteiger partial charge on any atom is 0.223 e. The topological polar surface area (TPSA) is 107 Å². The van der Waals surface area contributed by atoms with E-state index in [4.69, 9.17) is 26.8 Å². The van der Waals surface area contributed by atoms with Gasteiger partial charge >= 0.3 is 0 Å². The van der Waals surface area contributed by atoms with Crippen molar-refractivity contribution in [3.63, 3.8) is 0 Å². The fraction of sp³-hybridized carbons (Fsp3) is 0.474. The molecule has 2 saturated heterocycles. The number of nitrogens with two attached hydrogens (primary N) is 1. The molecule has 2 aliphatic heterocycles. The predicted molar refractivity (Wildman–Crippen MR) is 113 cm³/mol. The predicted octanol–water partition coefficient (Wildman–Crippen LogP) is 1.06. The Hall–Kier alpha value is -2.69. The Labute approximate surface area is 178 Å². The second kappa shape index (κ2) is 8.21. The van der Waals surface area contributed by atoms with E-state index < -0.39 is 0 Å². The van der Waals surface area contributed by atoms with Crippen molar-refractivity contribution < 1.29 is 9.47 Å². The molecule has 5 rings (SSSR count). The number of ether oxygens (including phenoxy) is 2. The third kappa shape index (κ3) is 3.98. The number of benzene rings is 1. The van der Waals surface area contributed by atoms with Crippen molar-refractivity contribution in [3.8, 4) is 5.75 Å². The first-order valence-corrected chi connectivity index (χ1v) is 10.4. The van der Waals surface area contributed by atoms with Crippen molar-refractivity contribution in [1.29, 1.82) is 0 Å². The average Bonchev–Trinajstić information content (AvgIpc) is 3.13. The summed E-state index contributed by atoms with van der Waals surface area (Å²) >= 11 is 6.07. The summed E-state index contributed by atoms with van der Waals surface area (Å²) in [5.74, 6) is 1.03. The van der Waals surface area contributed by atoms with Crippen LogP contribution in [0, 0.1) is 0 Å². The van der Waals surface area contributed by atoms with Gasteiger partial charge in [0.2, 0.25) is 5.95 Å². The molecule has 10 nitrogen and oxygen atoms in total. The van der Waals surface area contributed by atoms with E-state index in [0.717, 1.165) is 38.5 Å². The number of halogens is 1. The molecule has 2 aliphatic rings. The van der Waals surface area contributed by atoms with Gasteiger partial charge in [-0.25, -0.2) is 4.68 Å². The Bertz CT molecular complexity index is 1020. The van der Waals surface area contributed by atoms with Gasteiger partial charge < -0.3 is 20.1 Å². The van der Waals surface area contributed by atoms with Crippen LogP contribution in [-0.2, 0) is 11.3 Å². The summed E-state index contributed by atoms with van der Waals surface area (Å²) in [6.07, 6.45) is 0.195. The molecule has 0 radical (unpaired) electrons. The van der Waals surface area contributed by atoms with Gasteiger partial charge in [-0.1, -0.05) is 16.8 Å². The van der Waals surface area contributed by atoms with Gasteiger partial charge in [-0.15, -0.1) is 5.10 Å². The zero-order chi connectivity index (χ0) is 20.5. The lowest BCUT2D eigenvalue weighted by molar-refractivity contribution is -0.0796. The van der Waals surface area contributed by atoms with Crippen LogP contribution in [0.2, 0.25) is 5.15 Å². The molecule has 1 aromatic carbocycles. The number of hydrogen-bond acceptors (Lipinski definition) is 9. The minimum atomic E-state index is 0.127. The quantitative estimate of drug-likeness (QED) is 0.574. The first-order valence-electron chi connectivity index (χ1n) is 10.00. The van der Waals surface area contributed by atoms with Crippen LogP contribution in [0.1, 0.15) is 0 Å². The van der Waals surface area contributed by atoms with Crippen LogP contribution in [0.3, 0.4) is 0 Å². The number of fused-ring (bicyclic) bond motifs is 1. The first kappa shape index (κ1) is 19.3. The Morgan fingerprint density at radius 3 is 2.53 bits per heavy atom. The number of hydrogen-bond donors (Lipinski definition) is 1. The van der Waals surface area contributed by atoms with E-state index in [2.05, 4.69) is 42.2 Å². The number of aromatic nitrogens is 5. The number of anilines is 2. The van der Waals surface area contributed by atoms with Crippen molar-refractivity contribution >= 4 is 34.4 Å². The van der Waals surface area contributed by atoms with Crippen LogP contribution in [0.25, 0.3) is 11.2 Å². The zero-order valence-electron chi connectivity index (χ0n) is 16.4. The van der Waals surface area contributed by atoms with E-state index in [1.54, 1.807) is 4.68 Å². The summed E-state index contributed by atoms with van der Waals surface area (Å²) in [6.45, 7) is 6.77. The number of nitrogen functional groups attached to an aromatic ring is 1. The molecule has 30 heavy (non-hydrogen) atoms. The highest BCUT2D eigenvalue weighted by Gasteiger charge is 2.21. The van der Waals surface area contributed by atoms with Crippen LogP contribution >= 0.6 is 11.6 Å². The lowest BCUT2D eigenvalue weighted by Crippen LogP contribution is -2.47. The SMILES string of the molecule is Nc1nc(Cl)c2nnn(CCN3CCN(c4ccc(OC5COC5)cc4)CC3)c2n1. The highest BCUT2D eigenvalue weighted by atomic mass is 35.5. The molecule has 0 saturated carbocycles. The maximum atomic E-state index is 6.07. The van der Waals surface area contributed by atoms with E-state index in [1.165, 1.54) is 5.69 Å². The lowest BCUT2D eigenvalue weighted by Gasteiger charge is -2.36. The summed E-state index contributed by atoms with van der Waals surface area (Å²) in [5, 5.41) is 8.45. The van der Waals surface area contributed by atoms with Gasteiger partial charge in [-0.3, -0.25) is 4.90 Å². The second-order valence-electron chi connectivity index (χ2n) is 7.46. The smallest absolute Gasteiger partial charge is 0.223 e. The molecule has 4 heterocycles. The largest absolute Gasteiger partial charge is 0.486 e. The summed E-state index contributed by atoms with van der Waals surface area (Å²) in [7, 11) is 0. The third-order valence-electron chi connectivity index (χ3n) is 5.45. The monoisotopic (exact) mass is 430 g/mol. The molecule has 2 fully saturated rings. The summed E-state index contributed by atoms with van der Waals surface area (Å²) < 4.78 is 12.7. The van der Waals surface area contributed by atoms with Gasteiger partial charge in [0.15, 0.2) is 16.3 Å². The second-order valence-corrected chi connectivity index (χ2v) is 7.82. The molecule has 0 unspecified atom stereocenters. The number of rotatable bonds is 6. The minimum absolute atomic E-state index is 0.127. The minimum Gasteiger partial charge on any atom is -0.486 e. The molecule has 0 aliphatic carbocycles. The number of nitrogens with zero attached hydrogens (tertiary/aromatic N) is 7. The Morgan fingerprint density at radius 2 is 1.83 bits per heavy atom. The van der Waals surface area contributed by atoms with Crippen molar-refractivity contribution in [2.24, 2.45) is 0 Å². The van der Waals surface area contributed by atoms with Gasteiger partial charge in [-0.2, -0.15) is 9.97 Å². The molecule has 2 aromatic heterocycles. The Morgan fingerprint density at radius 1 is 1.07 bits per heavy atom. The summed E-state index contributed by atoms with van der Waals surface area (Å²) in [4.78, 5) is 12.9.